The van der Waals surface area contributed by atoms with Gasteiger partial charge in [0.2, 0.25) is 0 Å². The van der Waals surface area contributed by atoms with Gasteiger partial charge in [0, 0.05) is 16.5 Å². The monoisotopic (exact) mass is 400 g/mol. The molecular formula is C20H17ClN2O3S. The zero-order chi connectivity index (χ0) is 19.4. The van der Waals surface area contributed by atoms with Crippen molar-refractivity contribution in [3.63, 3.8) is 0 Å². The van der Waals surface area contributed by atoms with Crippen LogP contribution in [-0.4, -0.2) is 10.8 Å². The number of rotatable bonds is 6. The van der Waals surface area contributed by atoms with Crippen molar-refractivity contribution < 1.29 is 9.72 Å². The largest absolute Gasteiger partial charge is 0.340 e. The Hall–Kier alpha value is -2.70. The molecule has 2 aromatic carbocycles. The quantitative estimate of drug-likeness (QED) is 0.445. The highest BCUT2D eigenvalue weighted by Crippen LogP contribution is 2.28. The van der Waals surface area contributed by atoms with E-state index in [0.29, 0.717) is 0 Å². The van der Waals surface area contributed by atoms with Crippen molar-refractivity contribution in [3.05, 3.63) is 96.7 Å². The summed E-state index contributed by atoms with van der Waals surface area (Å²) in [4.78, 5) is 24.2. The summed E-state index contributed by atoms with van der Waals surface area (Å²) in [5, 5.41) is 16.0. The maximum atomic E-state index is 12.8. The second kappa shape index (κ2) is 8.33. The van der Waals surface area contributed by atoms with Crippen molar-refractivity contribution in [2.24, 2.45) is 0 Å². The van der Waals surface area contributed by atoms with E-state index >= 15 is 0 Å². The third-order valence-electron chi connectivity index (χ3n) is 4.23. The second-order valence-electron chi connectivity index (χ2n) is 5.94. The summed E-state index contributed by atoms with van der Waals surface area (Å²) < 4.78 is 0. The minimum atomic E-state index is -0.598. The molecule has 5 nitrogen and oxygen atoms in total. The Labute approximate surface area is 165 Å². The lowest BCUT2D eigenvalue weighted by molar-refractivity contribution is -0.384. The van der Waals surface area contributed by atoms with E-state index in [2.05, 4.69) is 12.2 Å². The van der Waals surface area contributed by atoms with Gasteiger partial charge < -0.3 is 5.32 Å². The van der Waals surface area contributed by atoms with Gasteiger partial charge in [-0.3, -0.25) is 14.9 Å². The molecule has 0 fully saturated rings. The van der Waals surface area contributed by atoms with Gasteiger partial charge in [0.05, 0.1) is 11.0 Å². The summed E-state index contributed by atoms with van der Waals surface area (Å²) in [5.74, 6) is -0.396. The molecule has 1 heterocycles. The molecule has 0 saturated heterocycles. The Kier molecular flexibility index (Phi) is 5.88. The molecular weight excluding hydrogens is 384 g/mol. The van der Waals surface area contributed by atoms with E-state index in [4.69, 9.17) is 11.6 Å². The number of nitrogens with zero attached hydrogens (tertiary/aromatic N) is 1. The summed E-state index contributed by atoms with van der Waals surface area (Å²) in [5.41, 5.74) is 2.07. The third kappa shape index (κ3) is 4.35. The number of nitro benzene ring substituents is 1. The maximum Gasteiger partial charge on any atom is 0.288 e. The lowest BCUT2D eigenvalue weighted by Gasteiger charge is -2.18. The zero-order valence-corrected chi connectivity index (χ0v) is 16.1. The highest BCUT2D eigenvalue weighted by atomic mass is 35.5. The minimum Gasteiger partial charge on any atom is -0.340 e. The minimum absolute atomic E-state index is 0.00140. The van der Waals surface area contributed by atoms with Crippen molar-refractivity contribution in [2.75, 3.05) is 0 Å². The zero-order valence-electron chi connectivity index (χ0n) is 14.5. The Morgan fingerprint density at radius 3 is 2.56 bits per heavy atom. The summed E-state index contributed by atoms with van der Waals surface area (Å²) in [6.07, 6.45) is 0.935. The van der Waals surface area contributed by atoms with Crippen LogP contribution in [0.1, 0.15) is 39.3 Å². The third-order valence-corrected chi connectivity index (χ3v) is 5.49. The number of hydrogen-bond donors (Lipinski definition) is 1. The van der Waals surface area contributed by atoms with Crippen LogP contribution >= 0.6 is 22.9 Å². The normalized spacial score (nSPS) is 11.8. The molecule has 0 bridgehead atoms. The van der Waals surface area contributed by atoms with E-state index in [0.717, 1.165) is 16.9 Å². The Bertz CT molecular complexity index is 956. The van der Waals surface area contributed by atoms with Gasteiger partial charge in [-0.1, -0.05) is 48.9 Å². The van der Waals surface area contributed by atoms with Crippen molar-refractivity contribution in [1.29, 1.82) is 0 Å². The van der Waals surface area contributed by atoms with Crippen LogP contribution in [0.2, 0.25) is 5.02 Å². The first-order valence-corrected chi connectivity index (χ1v) is 9.62. The first-order chi connectivity index (χ1) is 13.0. The molecule has 0 aliphatic carbocycles. The summed E-state index contributed by atoms with van der Waals surface area (Å²) in [6, 6.07) is 15.6. The summed E-state index contributed by atoms with van der Waals surface area (Å²) in [7, 11) is 0. The predicted octanol–water partition coefficient (Wildman–Crippen LogP) is 5.39. The van der Waals surface area contributed by atoms with Gasteiger partial charge >= 0.3 is 0 Å². The van der Waals surface area contributed by atoms with Gasteiger partial charge in [-0.25, -0.2) is 0 Å². The first-order valence-electron chi connectivity index (χ1n) is 8.36. The van der Waals surface area contributed by atoms with E-state index in [9.17, 15) is 14.9 Å². The van der Waals surface area contributed by atoms with Crippen LogP contribution < -0.4 is 5.32 Å². The van der Waals surface area contributed by atoms with Crippen molar-refractivity contribution in [3.8, 4) is 0 Å². The van der Waals surface area contributed by atoms with E-state index < -0.39 is 10.8 Å². The van der Waals surface area contributed by atoms with Gasteiger partial charge in [-0.2, -0.15) is 0 Å². The van der Waals surface area contributed by atoms with Crippen LogP contribution in [0.5, 0.6) is 0 Å². The number of halogens is 1. The number of nitrogens with one attached hydrogen (secondary N) is 1. The average Bonchev–Trinajstić information content (AvgIpc) is 3.20. The summed E-state index contributed by atoms with van der Waals surface area (Å²) in [6.45, 7) is 2.08. The molecule has 0 unspecified atom stereocenters. The average molecular weight is 401 g/mol. The van der Waals surface area contributed by atoms with Crippen molar-refractivity contribution >= 4 is 34.5 Å². The molecule has 1 aromatic heterocycles. The smallest absolute Gasteiger partial charge is 0.288 e. The van der Waals surface area contributed by atoms with Gasteiger partial charge in [-0.15, -0.1) is 11.3 Å². The molecule has 1 amide bonds. The van der Waals surface area contributed by atoms with Crippen LogP contribution in [0.3, 0.4) is 0 Å². The second-order valence-corrected chi connectivity index (χ2v) is 7.33. The molecule has 1 N–H and O–H groups in total. The van der Waals surface area contributed by atoms with Gasteiger partial charge in [-0.05, 0) is 41.1 Å². The number of carbonyl (C=O) groups excluding carboxylic acids is 1. The van der Waals surface area contributed by atoms with E-state index in [-0.39, 0.29) is 22.3 Å². The lowest BCUT2D eigenvalue weighted by Crippen LogP contribution is -2.28. The molecule has 0 aliphatic heterocycles. The fourth-order valence-electron chi connectivity index (χ4n) is 2.73. The number of thiophene rings is 1. The lowest BCUT2D eigenvalue weighted by atomic mass is 10.0. The molecule has 0 spiro atoms. The van der Waals surface area contributed by atoms with Crippen LogP contribution in [0.15, 0.2) is 60.0 Å². The molecule has 3 aromatic rings. The van der Waals surface area contributed by atoms with Crippen molar-refractivity contribution in [2.45, 2.75) is 19.4 Å². The Morgan fingerprint density at radius 2 is 1.96 bits per heavy atom. The van der Waals surface area contributed by atoms with Gasteiger partial charge in [0.25, 0.3) is 11.6 Å². The van der Waals surface area contributed by atoms with Crippen LogP contribution in [-0.2, 0) is 6.42 Å². The van der Waals surface area contributed by atoms with Gasteiger partial charge in [0.15, 0.2) is 0 Å². The number of amides is 1. The fraction of sp³-hybridized carbons (Fsp3) is 0.150. The van der Waals surface area contributed by atoms with E-state index in [1.54, 1.807) is 0 Å². The molecule has 7 heteroatoms. The molecule has 0 aliphatic rings. The van der Waals surface area contributed by atoms with Crippen molar-refractivity contribution in [1.82, 2.24) is 5.32 Å². The molecule has 0 saturated carbocycles. The number of carbonyl (C=O) groups is 1. The number of benzene rings is 2. The van der Waals surface area contributed by atoms with Crippen LogP contribution in [0.25, 0.3) is 0 Å². The molecule has 27 heavy (non-hydrogen) atoms. The number of nitro groups is 1. The van der Waals surface area contributed by atoms with Gasteiger partial charge in [0.1, 0.15) is 5.02 Å². The topological polar surface area (TPSA) is 72.2 Å². The Morgan fingerprint density at radius 1 is 1.22 bits per heavy atom. The highest BCUT2D eigenvalue weighted by molar-refractivity contribution is 7.10. The molecule has 3 rings (SSSR count). The van der Waals surface area contributed by atoms with E-state index in [1.165, 1.54) is 35.1 Å². The highest BCUT2D eigenvalue weighted by Gasteiger charge is 2.21. The standard InChI is InChI=1S/C20H17ClN2O3S/c1-2-13-5-7-14(8-6-13)19(18-4-3-11-27-18)22-20(24)15-9-10-16(21)17(12-15)23(25)26/h3-12,19H,2H2,1H3,(H,22,24)/t19-/m1/s1. The number of aryl methyl sites for hydroxylation is 1. The first kappa shape index (κ1) is 19.1. The molecule has 1 atom stereocenters. The van der Waals surface area contributed by atoms with E-state index in [1.807, 2.05) is 41.8 Å². The SMILES string of the molecule is CCc1ccc([C@@H](NC(=O)c2ccc(Cl)c([N+](=O)[O-])c2)c2cccs2)cc1. The maximum absolute atomic E-state index is 12.8. The summed E-state index contributed by atoms with van der Waals surface area (Å²) >= 11 is 7.38. The van der Waals surface area contributed by atoms with Crippen LogP contribution in [0, 0.1) is 10.1 Å². The molecule has 0 radical (unpaired) electrons. The van der Waals surface area contributed by atoms with Crippen LogP contribution in [0.4, 0.5) is 5.69 Å². The molecule has 138 valence electrons. The Balaban J connectivity index is 1.91. The number of hydrogen-bond acceptors (Lipinski definition) is 4. The predicted molar refractivity (Wildman–Crippen MR) is 108 cm³/mol. The fourth-order valence-corrected chi connectivity index (χ4v) is 3.72.